The first kappa shape index (κ1) is 6.35. The number of nitrogens with zero attached hydrogens (tertiary/aromatic N) is 3. The zero-order valence-electron chi connectivity index (χ0n) is 5.90. The summed E-state index contributed by atoms with van der Waals surface area (Å²) in [6.07, 6.45) is 3.58. The first-order chi connectivity index (χ1) is 5.42. The number of hydrogen-bond acceptors (Lipinski definition) is 3. The fourth-order valence-electron chi connectivity index (χ4n) is 1.09. The summed E-state index contributed by atoms with van der Waals surface area (Å²) in [5.74, 6) is 0.940. The van der Waals surface area contributed by atoms with Crippen molar-refractivity contribution in [2.24, 2.45) is 5.92 Å². The summed E-state index contributed by atoms with van der Waals surface area (Å²) in [7, 11) is 0. The van der Waals surface area contributed by atoms with Crippen LogP contribution in [0.15, 0.2) is 10.9 Å². The van der Waals surface area contributed by atoms with Crippen LogP contribution in [0.5, 0.6) is 0 Å². The van der Waals surface area contributed by atoms with E-state index < -0.39 is 0 Å². The molecular formula is C7H7N3O. The SMILES string of the molecule is [C-]#[N+]C(c1ncno1)C1CC1. The highest BCUT2D eigenvalue weighted by molar-refractivity contribution is 5.03. The van der Waals surface area contributed by atoms with Crippen molar-refractivity contribution in [1.29, 1.82) is 0 Å². The monoisotopic (exact) mass is 149 g/mol. The molecule has 0 aromatic carbocycles. The molecule has 1 atom stereocenters. The van der Waals surface area contributed by atoms with Gasteiger partial charge in [-0.05, 0) is 12.8 Å². The second kappa shape index (κ2) is 2.35. The van der Waals surface area contributed by atoms with Crippen LogP contribution in [0.2, 0.25) is 0 Å². The van der Waals surface area contributed by atoms with Crippen molar-refractivity contribution in [3.63, 3.8) is 0 Å². The maximum absolute atomic E-state index is 6.90. The Balaban J connectivity index is 2.19. The van der Waals surface area contributed by atoms with Gasteiger partial charge in [0.2, 0.25) is 0 Å². The van der Waals surface area contributed by atoms with Gasteiger partial charge < -0.3 is 9.37 Å². The van der Waals surface area contributed by atoms with Gasteiger partial charge in [0.15, 0.2) is 6.33 Å². The quantitative estimate of drug-likeness (QED) is 0.597. The van der Waals surface area contributed by atoms with Crippen LogP contribution in [0.4, 0.5) is 0 Å². The summed E-state index contributed by atoms with van der Waals surface area (Å²) in [5.41, 5.74) is 0. The van der Waals surface area contributed by atoms with Gasteiger partial charge in [-0.3, -0.25) is 0 Å². The largest absolute Gasteiger partial charge is 0.331 e. The molecule has 1 aromatic heterocycles. The highest BCUT2D eigenvalue weighted by Gasteiger charge is 2.40. The van der Waals surface area contributed by atoms with Crippen LogP contribution < -0.4 is 0 Å². The molecule has 1 unspecified atom stereocenters. The summed E-state index contributed by atoms with van der Waals surface area (Å²) in [5, 5.41) is 3.47. The Labute approximate surface area is 64.0 Å². The average molecular weight is 149 g/mol. The third-order valence-corrected chi connectivity index (χ3v) is 1.84. The van der Waals surface area contributed by atoms with Crippen LogP contribution >= 0.6 is 0 Å². The normalized spacial score (nSPS) is 19.2. The minimum Gasteiger partial charge on any atom is -0.331 e. The van der Waals surface area contributed by atoms with E-state index in [0.29, 0.717) is 11.8 Å². The van der Waals surface area contributed by atoms with E-state index in [1.165, 1.54) is 6.33 Å². The third-order valence-electron chi connectivity index (χ3n) is 1.84. The van der Waals surface area contributed by atoms with Gasteiger partial charge in [0.05, 0.1) is 0 Å². The van der Waals surface area contributed by atoms with Gasteiger partial charge in [-0.25, -0.2) is 6.57 Å². The molecule has 56 valence electrons. The van der Waals surface area contributed by atoms with E-state index in [-0.39, 0.29) is 6.04 Å². The van der Waals surface area contributed by atoms with E-state index >= 15 is 0 Å². The van der Waals surface area contributed by atoms with Crippen molar-refractivity contribution < 1.29 is 4.52 Å². The van der Waals surface area contributed by atoms with Gasteiger partial charge in [-0.15, -0.1) is 0 Å². The summed E-state index contributed by atoms with van der Waals surface area (Å²) >= 11 is 0. The minimum atomic E-state index is -0.183. The van der Waals surface area contributed by atoms with Crippen molar-refractivity contribution in [3.8, 4) is 0 Å². The van der Waals surface area contributed by atoms with Gasteiger partial charge in [0, 0.05) is 5.92 Å². The first-order valence-corrected chi connectivity index (χ1v) is 3.55. The number of hydrogen-bond donors (Lipinski definition) is 0. The van der Waals surface area contributed by atoms with Crippen LogP contribution in [0.3, 0.4) is 0 Å². The molecule has 2 rings (SSSR count). The lowest BCUT2D eigenvalue weighted by Gasteiger charge is -1.93. The first-order valence-electron chi connectivity index (χ1n) is 3.55. The molecule has 4 nitrogen and oxygen atoms in total. The van der Waals surface area contributed by atoms with E-state index in [2.05, 4.69) is 15.0 Å². The van der Waals surface area contributed by atoms with Crippen LogP contribution in [0, 0.1) is 12.5 Å². The zero-order chi connectivity index (χ0) is 7.68. The van der Waals surface area contributed by atoms with Crippen molar-refractivity contribution >= 4 is 0 Å². The van der Waals surface area contributed by atoms with Crippen LogP contribution in [0.1, 0.15) is 24.8 Å². The van der Waals surface area contributed by atoms with Crippen molar-refractivity contribution in [2.75, 3.05) is 0 Å². The lowest BCUT2D eigenvalue weighted by Crippen LogP contribution is -1.94. The van der Waals surface area contributed by atoms with E-state index in [1.54, 1.807) is 0 Å². The maximum atomic E-state index is 6.90. The molecule has 0 spiro atoms. The highest BCUT2D eigenvalue weighted by atomic mass is 16.5. The fourth-order valence-corrected chi connectivity index (χ4v) is 1.09. The molecule has 0 saturated heterocycles. The molecule has 1 fully saturated rings. The van der Waals surface area contributed by atoms with E-state index in [1.807, 2.05) is 0 Å². The second-order valence-corrected chi connectivity index (χ2v) is 2.69. The molecule has 0 aliphatic heterocycles. The summed E-state index contributed by atoms with van der Waals surface area (Å²) < 4.78 is 4.81. The van der Waals surface area contributed by atoms with E-state index in [4.69, 9.17) is 11.1 Å². The zero-order valence-corrected chi connectivity index (χ0v) is 5.90. The molecule has 1 aliphatic carbocycles. The Kier molecular flexibility index (Phi) is 1.35. The molecule has 1 aliphatic rings. The standard InChI is InChI=1S/C7H7N3O/c1-8-6(5-2-3-5)7-9-4-10-11-7/h4-6H,2-3H2. The maximum Gasteiger partial charge on any atom is 0.309 e. The molecule has 1 heterocycles. The van der Waals surface area contributed by atoms with Gasteiger partial charge in [0.1, 0.15) is 0 Å². The molecule has 0 N–H and O–H groups in total. The van der Waals surface area contributed by atoms with Gasteiger partial charge >= 0.3 is 11.9 Å². The van der Waals surface area contributed by atoms with E-state index in [0.717, 1.165) is 12.8 Å². The Morgan fingerprint density at radius 1 is 1.73 bits per heavy atom. The van der Waals surface area contributed by atoms with Crippen LogP contribution in [-0.4, -0.2) is 10.1 Å². The molecule has 0 radical (unpaired) electrons. The number of aromatic nitrogens is 2. The van der Waals surface area contributed by atoms with Crippen LogP contribution in [-0.2, 0) is 0 Å². The van der Waals surface area contributed by atoms with E-state index in [9.17, 15) is 0 Å². The van der Waals surface area contributed by atoms with Crippen LogP contribution in [0.25, 0.3) is 4.85 Å². The topological polar surface area (TPSA) is 43.3 Å². The molecule has 0 bridgehead atoms. The minimum absolute atomic E-state index is 0.183. The second-order valence-electron chi connectivity index (χ2n) is 2.69. The van der Waals surface area contributed by atoms with Crippen molar-refractivity contribution in [3.05, 3.63) is 23.6 Å². The summed E-state index contributed by atoms with van der Waals surface area (Å²) in [4.78, 5) is 7.30. The molecule has 1 saturated carbocycles. The Morgan fingerprint density at radius 2 is 2.55 bits per heavy atom. The molecule has 11 heavy (non-hydrogen) atoms. The predicted octanol–water partition coefficient (Wildman–Crippen LogP) is 1.44. The Morgan fingerprint density at radius 3 is 3.00 bits per heavy atom. The smallest absolute Gasteiger partial charge is 0.309 e. The van der Waals surface area contributed by atoms with Crippen molar-refractivity contribution in [1.82, 2.24) is 10.1 Å². The fraction of sp³-hybridized carbons (Fsp3) is 0.571. The summed E-state index contributed by atoms with van der Waals surface area (Å²) in [6.45, 7) is 6.90. The summed E-state index contributed by atoms with van der Waals surface area (Å²) in [6, 6.07) is -0.183. The van der Waals surface area contributed by atoms with Gasteiger partial charge in [-0.2, -0.15) is 4.98 Å². The lowest BCUT2D eigenvalue weighted by atomic mass is 10.2. The molecule has 1 aromatic rings. The molecule has 0 amide bonds. The predicted molar refractivity (Wildman–Crippen MR) is 36.4 cm³/mol. The van der Waals surface area contributed by atoms with Gasteiger partial charge in [0.25, 0.3) is 0 Å². The highest BCUT2D eigenvalue weighted by Crippen LogP contribution is 2.42. The third kappa shape index (κ3) is 1.09. The lowest BCUT2D eigenvalue weighted by molar-refractivity contribution is 0.357. The van der Waals surface area contributed by atoms with Crippen molar-refractivity contribution in [2.45, 2.75) is 18.9 Å². The average Bonchev–Trinajstić information content (AvgIpc) is 2.68. The Hall–Kier alpha value is -1.37. The Bertz CT molecular complexity index is 270. The molecule has 4 heteroatoms. The molecular weight excluding hydrogens is 142 g/mol. The van der Waals surface area contributed by atoms with Gasteiger partial charge in [-0.1, -0.05) is 5.16 Å². The number of rotatable bonds is 2.